The highest BCUT2D eigenvalue weighted by Crippen LogP contribution is 2.17. The van der Waals surface area contributed by atoms with Crippen LogP contribution in [-0.4, -0.2) is 27.6 Å². The molecular formula is C10H13N5OS2. The zero-order valence-corrected chi connectivity index (χ0v) is 11.5. The lowest BCUT2D eigenvalue weighted by molar-refractivity contribution is 0.102. The Hall–Kier alpha value is -1.38. The van der Waals surface area contributed by atoms with Gasteiger partial charge in [0.15, 0.2) is 0 Å². The first-order valence-electron chi connectivity index (χ1n) is 5.51. The SMILES string of the molecule is CCc1nnc(NC(=O)c2csc(CCN)n2)s1. The molecule has 0 unspecified atom stereocenters. The van der Waals surface area contributed by atoms with Gasteiger partial charge in [-0.05, 0) is 13.0 Å². The average molecular weight is 283 g/mol. The number of aryl methyl sites for hydroxylation is 1. The maximum absolute atomic E-state index is 11.9. The van der Waals surface area contributed by atoms with Crippen molar-refractivity contribution in [3.05, 3.63) is 21.1 Å². The van der Waals surface area contributed by atoms with Gasteiger partial charge in [0, 0.05) is 11.8 Å². The monoisotopic (exact) mass is 283 g/mol. The third-order valence-electron chi connectivity index (χ3n) is 2.13. The number of nitrogens with two attached hydrogens (primary N) is 1. The van der Waals surface area contributed by atoms with Crippen molar-refractivity contribution in [3.8, 4) is 0 Å². The maximum Gasteiger partial charge on any atom is 0.276 e. The zero-order valence-electron chi connectivity index (χ0n) is 9.84. The minimum Gasteiger partial charge on any atom is -0.330 e. The van der Waals surface area contributed by atoms with E-state index >= 15 is 0 Å². The molecule has 2 rings (SSSR count). The van der Waals surface area contributed by atoms with Crippen molar-refractivity contribution in [2.75, 3.05) is 11.9 Å². The van der Waals surface area contributed by atoms with Gasteiger partial charge < -0.3 is 5.73 Å². The highest BCUT2D eigenvalue weighted by Gasteiger charge is 2.13. The molecule has 2 aromatic rings. The number of carbonyl (C=O) groups excluding carboxylic acids is 1. The molecule has 3 N–H and O–H groups in total. The van der Waals surface area contributed by atoms with Crippen LogP contribution >= 0.6 is 22.7 Å². The van der Waals surface area contributed by atoms with Gasteiger partial charge in [-0.1, -0.05) is 18.3 Å². The van der Waals surface area contributed by atoms with Crippen LogP contribution in [-0.2, 0) is 12.8 Å². The van der Waals surface area contributed by atoms with Crippen molar-refractivity contribution in [3.63, 3.8) is 0 Å². The van der Waals surface area contributed by atoms with Crippen molar-refractivity contribution in [1.82, 2.24) is 15.2 Å². The minimum atomic E-state index is -0.256. The van der Waals surface area contributed by atoms with Crippen LogP contribution in [0.3, 0.4) is 0 Å². The Morgan fingerprint density at radius 3 is 2.94 bits per heavy atom. The van der Waals surface area contributed by atoms with Gasteiger partial charge in [0.1, 0.15) is 10.7 Å². The Morgan fingerprint density at radius 2 is 2.28 bits per heavy atom. The summed E-state index contributed by atoms with van der Waals surface area (Å²) in [6, 6.07) is 0. The molecule has 1 amide bonds. The molecule has 0 atom stereocenters. The molecule has 0 radical (unpaired) electrons. The predicted octanol–water partition coefficient (Wildman–Crippen LogP) is 1.31. The highest BCUT2D eigenvalue weighted by molar-refractivity contribution is 7.15. The highest BCUT2D eigenvalue weighted by atomic mass is 32.1. The summed E-state index contributed by atoms with van der Waals surface area (Å²) in [4.78, 5) is 16.1. The number of amides is 1. The minimum absolute atomic E-state index is 0.256. The molecule has 0 aliphatic heterocycles. The molecule has 2 aromatic heterocycles. The van der Waals surface area contributed by atoms with Crippen LogP contribution in [0, 0.1) is 0 Å². The fourth-order valence-corrected chi connectivity index (χ4v) is 2.73. The number of aromatic nitrogens is 3. The first-order valence-corrected chi connectivity index (χ1v) is 7.20. The molecule has 18 heavy (non-hydrogen) atoms. The molecule has 2 heterocycles. The molecule has 0 saturated carbocycles. The number of hydrogen-bond donors (Lipinski definition) is 2. The standard InChI is InChI=1S/C10H13N5OS2/c1-2-7-14-15-10(18-7)13-9(16)6-5-17-8(12-6)3-4-11/h5H,2-4,11H2,1H3,(H,13,15,16). The second-order valence-electron chi connectivity index (χ2n) is 3.47. The van der Waals surface area contributed by atoms with Gasteiger partial charge in [0.2, 0.25) is 5.13 Å². The molecule has 0 fully saturated rings. The molecule has 0 saturated heterocycles. The van der Waals surface area contributed by atoms with E-state index in [4.69, 9.17) is 5.73 Å². The molecule has 8 heteroatoms. The van der Waals surface area contributed by atoms with Crippen molar-refractivity contribution in [2.45, 2.75) is 19.8 Å². The van der Waals surface area contributed by atoms with Crippen molar-refractivity contribution < 1.29 is 4.79 Å². The quantitative estimate of drug-likeness (QED) is 0.863. The second kappa shape index (κ2) is 5.98. The molecular weight excluding hydrogens is 270 g/mol. The van der Waals surface area contributed by atoms with Crippen LogP contribution in [0.4, 0.5) is 5.13 Å². The Morgan fingerprint density at radius 1 is 1.44 bits per heavy atom. The topological polar surface area (TPSA) is 93.8 Å². The number of rotatable bonds is 5. The van der Waals surface area contributed by atoms with Gasteiger partial charge in [-0.15, -0.1) is 21.5 Å². The number of anilines is 1. The van der Waals surface area contributed by atoms with Crippen LogP contribution in [0.15, 0.2) is 5.38 Å². The predicted molar refractivity (Wildman–Crippen MR) is 72.1 cm³/mol. The average Bonchev–Trinajstić information content (AvgIpc) is 2.98. The Labute approximate surface area is 112 Å². The van der Waals surface area contributed by atoms with Crippen LogP contribution in [0.25, 0.3) is 0 Å². The molecule has 6 nitrogen and oxygen atoms in total. The first-order chi connectivity index (χ1) is 8.72. The van der Waals surface area contributed by atoms with Crippen molar-refractivity contribution in [2.24, 2.45) is 5.73 Å². The van der Waals surface area contributed by atoms with E-state index < -0.39 is 0 Å². The maximum atomic E-state index is 11.9. The summed E-state index contributed by atoms with van der Waals surface area (Å²) in [5.74, 6) is -0.256. The van der Waals surface area contributed by atoms with Crippen LogP contribution in [0.1, 0.15) is 27.4 Å². The number of nitrogens with zero attached hydrogens (tertiary/aromatic N) is 3. The summed E-state index contributed by atoms with van der Waals surface area (Å²) in [5, 5.41) is 14.5. The lowest BCUT2D eigenvalue weighted by Gasteiger charge is -1.96. The van der Waals surface area contributed by atoms with E-state index in [0.29, 0.717) is 23.8 Å². The van der Waals surface area contributed by atoms with Crippen molar-refractivity contribution in [1.29, 1.82) is 0 Å². The second-order valence-corrected chi connectivity index (χ2v) is 5.48. The van der Waals surface area contributed by atoms with Gasteiger partial charge >= 0.3 is 0 Å². The Kier molecular flexibility index (Phi) is 4.34. The third-order valence-corrected chi connectivity index (χ3v) is 4.02. The lowest BCUT2D eigenvalue weighted by Crippen LogP contribution is -2.12. The fourth-order valence-electron chi connectivity index (χ4n) is 1.26. The van der Waals surface area contributed by atoms with E-state index in [1.165, 1.54) is 22.7 Å². The van der Waals surface area contributed by atoms with E-state index in [9.17, 15) is 4.79 Å². The van der Waals surface area contributed by atoms with Crippen molar-refractivity contribution >= 4 is 33.7 Å². The third kappa shape index (κ3) is 3.09. The number of hydrogen-bond acceptors (Lipinski definition) is 7. The smallest absolute Gasteiger partial charge is 0.276 e. The molecule has 0 bridgehead atoms. The number of nitrogens with one attached hydrogen (secondary N) is 1. The van der Waals surface area contributed by atoms with E-state index in [1.54, 1.807) is 5.38 Å². The zero-order chi connectivity index (χ0) is 13.0. The summed E-state index contributed by atoms with van der Waals surface area (Å²) >= 11 is 2.81. The first kappa shape index (κ1) is 13.1. The molecule has 0 aliphatic carbocycles. The van der Waals surface area contributed by atoms with Crippen LogP contribution in [0.2, 0.25) is 0 Å². The van der Waals surface area contributed by atoms with Gasteiger partial charge in [0.05, 0.1) is 5.01 Å². The van der Waals surface area contributed by atoms with Crippen LogP contribution in [0.5, 0.6) is 0 Å². The lowest BCUT2D eigenvalue weighted by atomic mass is 10.4. The van der Waals surface area contributed by atoms with Gasteiger partial charge in [0.25, 0.3) is 5.91 Å². The summed E-state index contributed by atoms with van der Waals surface area (Å²) in [6.07, 6.45) is 1.50. The van der Waals surface area contributed by atoms with E-state index in [-0.39, 0.29) is 5.91 Å². The summed E-state index contributed by atoms with van der Waals surface area (Å²) in [7, 11) is 0. The summed E-state index contributed by atoms with van der Waals surface area (Å²) < 4.78 is 0. The van der Waals surface area contributed by atoms with E-state index in [2.05, 4.69) is 20.5 Å². The normalized spacial score (nSPS) is 10.6. The van der Waals surface area contributed by atoms with E-state index in [0.717, 1.165) is 16.4 Å². The Bertz CT molecular complexity index is 536. The molecule has 0 aromatic carbocycles. The summed E-state index contributed by atoms with van der Waals surface area (Å²) in [6.45, 7) is 2.52. The summed E-state index contributed by atoms with van der Waals surface area (Å²) in [5.41, 5.74) is 5.84. The van der Waals surface area contributed by atoms with Gasteiger partial charge in [-0.25, -0.2) is 4.98 Å². The Balaban J connectivity index is 2.02. The fraction of sp³-hybridized carbons (Fsp3) is 0.400. The number of carbonyl (C=O) groups is 1. The molecule has 96 valence electrons. The molecule has 0 aliphatic rings. The number of thiazole rings is 1. The van der Waals surface area contributed by atoms with Gasteiger partial charge in [-0.2, -0.15) is 0 Å². The van der Waals surface area contributed by atoms with Gasteiger partial charge in [-0.3, -0.25) is 10.1 Å². The molecule has 0 spiro atoms. The largest absolute Gasteiger partial charge is 0.330 e. The van der Waals surface area contributed by atoms with E-state index in [1.807, 2.05) is 6.92 Å². The van der Waals surface area contributed by atoms with Crippen LogP contribution < -0.4 is 11.1 Å².